The van der Waals surface area contributed by atoms with Gasteiger partial charge in [0.05, 0.1) is 5.69 Å². The Labute approximate surface area is 109 Å². The molecule has 0 radical (unpaired) electrons. The molecule has 2 rings (SSSR count). The van der Waals surface area contributed by atoms with Crippen LogP contribution in [0.15, 0.2) is 18.2 Å². The molecular weight excluding hydrogens is 227 g/mol. The summed E-state index contributed by atoms with van der Waals surface area (Å²) in [6.07, 6.45) is 4.06. The predicted octanol–water partition coefficient (Wildman–Crippen LogP) is 3.09. The summed E-state index contributed by atoms with van der Waals surface area (Å²) >= 11 is 0. The van der Waals surface area contributed by atoms with Crippen molar-refractivity contribution in [2.45, 2.75) is 51.6 Å². The maximum absolute atomic E-state index is 14.1. The third-order valence-corrected chi connectivity index (χ3v) is 3.67. The zero-order chi connectivity index (χ0) is 13.1. The second kappa shape index (κ2) is 5.70. The molecule has 0 amide bonds. The van der Waals surface area contributed by atoms with Crippen LogP contribution in [0.5, 0.6) is 0 Å². The summed E-state index contributed by atoms with van der Waals surface area (Å²) in [4.78, 5) is 2.17. The number of hydrogen-bond donors (Lipinski definition) is 1. The van der Waals surface area contributed by atoms with Crippen molar-refractivity contribution in [2.24, 2.45) is 5.73 Å². The lowest BCUT2D eigenvalue weighted by atomic mass is 10.0. The van der Waals surface area contributed by atoms with Crippen molar-refractivity contribution in [3.8, 4) is 0 Å². The SMILES string of the molecule is CCC(N)Cc1ccc(N(CC)C2CC2)c(F)c1. The molecule has 0 bridgehead atoms. The molecule has 1 aliphatic rings. The molecule has 1 fully saturated rings. The van der Waals surface area contributed by atoms with Gasteiger partial charge < -0.3 is 10.6 Å². The van der Waals surface area contributed by atoms with Crippen LogP contribution in [0.1, 0.15) is 38.7 Å². The molecule has 2 nitrogen and oxygen atoms in total. The van der Waals surface area contributed by atoms with Gasteiger partial charge in [-0.25, -0.2) is 4.39 Å². The highest BCUT2D eigenvalue weighted by Crippen LogP contribution is 2.33. The molecule has 18 heavy (non-hydrogen) atoms. The van der Waals surface area contributed by atoms with E-state index in [0.717, 1.165) is 30.6 Å². The van der Waals surface area contributed by atoms with E-state index >= 15 is 0 Å². The molecule has 1 aromatic rings. The Morgan fingerprint density at radius 1 is 1.39 bits per heavy atom. The molecule has 2 N–H and O–H groups in total. The van der Waals surface area contributed by atoms with Crippen molar-refractivity contribution in [2.75, 3.05) is 11.4 Å². The lowest BCUT2D eigenvalue weighted by molar-refractivity contribution is 0.607. The molecule has 1 saturated carbocycles. The smallest absolute Gasteiger partial charge is 0.146 e. The highest BCUT2D eigenvalue weighted by atomic mass is 19.1. The van der Waals surface area contributed by atoms with Crippen molar-refractivity contribution < 1.29 is 4.39 Å². The minimum absolute atomic E-state index is 0.107. The van der Waals surface area contributed by atoms with Crippen LogP contribution in [0, 0.1) is 5.82 Å². The molecule has 3 heteroatoms. The molecule has 0 aromatic heterocycles. The van der Waals surface area contributed by atoms with Crippen molar-refractivity contribution in [1.82, 2.24) is 0 Å². The summed E-state index contributed by atoms with van der Waals surface area (Å²) < 4.78 is 14.1. The summed E-state index contributed by atoms with van der Waals surface area (Å²) in [5, 5.41) is 0. The molecule has 0 aliphatic heterocycles. The number of nitrogens with two attached hydrogens (primary N) is 1. The number of benzene rings is 1. The van der Waals surface area contributed by atoms with Gasteiger partial charge in [0.1, 0.15) is 5.82 Å². The Bertz CT molecular complexity index is 401. The van der Waals surface area contributed by atoms with Crippen molar-refractivity contribution in [3.63, 3.8) is 0 Å². The summed E-state index contributed by atoms with van der Waals surface area (Å²) in [7, 11) is 0. The lowest BCUT2D eigenvalue weighted by Crippen LogP contribution is -2.26. The van der Waals surface area contributed by atoms with E-state index in [1.165, 1.54) is 12.8 Å². The first kappa shape index (κ1) is 13.3. The van der Waals surface area contributed by atoms with Gasteiger partial charge in [-0.2, -0.15) is 0 Å². The highest BCUT2D eigenvalue weighted by molar-refractivity contribution is 5.51. The minimum atomic E-state index is -0.107. The third kappa shape index (κ3) is 3.02. The molecule has 100 valence electrons. The van der Waals surface area contributed by atoms with Gasteiger partial charge in [0.15, 0.2) is 0 Å². The largest absolute Gasteiger partial charge is 0.366 e. The Hall–Kier alpha value is -1.09. The Kier molecular flexibility index (Phi) is 4.23. The van der Waals surface area contributed by atoms with Crippen molar-refractivity contribution in [3.05, 3.63) is 29.6 Å². The Morgan fingerprint density at radius 2 is 2.11 bits per heavy atom. The number of rotatable bonds is 6. The fraction of sp³-hybridized carbons (Fsp3) is 0.600. The van der Waals surface area contributed by atoms with Crippen LogP contribution >= 0.6 is 0 Å². The minimum Gasteiger partial charge on any atom is -0.366 e. The summed E-state index contributed by atoms with van der Waals surface area (Å²) in [5.41, 5.74) is 7.65. The molecule has 0 heterocycles. The normalized spacial score (nSPS) is 16.7. The van der Waals surface area contributed by atoms with E-state index in [2.05, 4.69) is 18.7 Å². The summed E-state index contributed by atoms with van der Waals surface area (Å²) in [5.74, 6) is -0.107. The van der Waals surface area contributed by atoms with Gasteiger partial charge in [-0.15, -0.1) is 0 Å². The number of anilines is 1. The van der Waals surface area contributed by atoms with Crippen molar-refractivity contribution >= 4 is 5.69 Å². The summed E-state index contributed by atoms with van der Waals surface area (Å²) in [6, 6.07) is 6.25. The second-order valence-electron chi connectivity index (χ2n) is 5.18. The quantitative estimate of drug-likeness (QED) is 0.840. The van der Waals surface area contributed by atoms with E-state index in [1.54, 1.807) is 6.07 Å². The monoisotopic (exact) mass is 250 g/mol. The molecule has 0 saturated heterocycles. The van der Waals surface area contributed by atoms with Gasteiger partial charge in [0.25, 0.3) is 0 Å². The molecule has 0 spiro atoms. The number of nitrogens with zero attached hydrogens (tertiary/aromatic N) is 1. The van der Waals surface area contributed by atoms with E-state index in [0.29, 0.717) is 6.04 Å². The van der Waals surface area contributed by atoms with Crippen LogP contribution in [0.4, 0.5) is 10.1 Å². The maximum Gasteiger partial charge on any atom is 0.146 e. The number of halogens is 1. The Balaban J connectivity index is 2.13. The van der Waals surface area contributed by atoms with Crippen LogP contribution in [-0.2, 0) is 6.42 Å². The van der Waals surface area contributed by atoms with E-state index in [9.17, 15) is 4.39 Å². The van der Waals surface area contributed by atoms with E-state index in [-0.39, 0.29) is 11.9 Å². The highest BCUT2D eigenvalue weighted by Gasteiger charge is 2.29. The predicted molar refractivity (Wildman–Crippen MR) is 74.4 cm³/mol. The van der Waals surface area contributed by atoms with Gasteiger partial charge in [-0.3, -0.25) is 0 Å². The molecule has 1 aromatic carbocycles. The van der Waals surface area contributed by atoms with Crippen molar-refractivity contribution in [1.29, 1.82) is 0 Å². The molecule has 1 aliphatic carbocycles. The van der Waals surface area contributed by atoms with Gasteiger partial charge in [-0.05, 0) is 50.3 Å². The van der Waals surface area contributed by atoms with Gasteiger partial charge >= 0.3 is 0 Å². The fourth-order valence-corrected chi connectivity index (χ4v) is 2.37. The van der Waals surface area contributed by atoms with E-state index < -0.39 is 0 Å². The first-order valence-electron chi connectivity index (χ1n) is 6.96. The molecule has 1 unspecified atom stereocenters. The zero-order valence-corrected chi connectivity index (χ0v) is 11.3. The van der Waals surface area contributed by atoms with Gasteiger partial charge in [-0.1, -0.05) is 13.0 Å². The first-order valence-corrected chi connectivity index (χ1v) is 6.96. The topological polar surface area (TPSA) is 29.3 Å². The first-order chi connectivity index (χ1) is 8.65. The third-order valence-electron chi connectivity index (χ3n) is 3.67. The van der Waals surface area contributed by atoms with Crippen LogP contribution in [0.2, 0.25) is 0 Å². The van der Waals surface area contributed by atoms with Crippen LogP contribution in [0.3, 0.4) is 0 Å². The lowest BCUT2D eigenvalue weighted by Gasteiger charge is -2.23. The van der Waals surface area contributed by atoms with Crippen LogP contribution < -0.4 is 10.6 Å². The van der Waals surface area contributed by atoms with Crippen LogP contribution in [0.25, 0.3) is 0 Å². The standard InChI is InChI=1S/C15H23FN2/c1-3-12(17)9-11-5-8-15(14(16)10-11)18(4-2)13-6-7-13/h5,8,10,12-13H,3-4,6-7,9,17H2,1-2H3. The average molecular weight is 250 g/mol. The maximum atomic E-state index is 14.1. The zero-order valence-electron chi connectivity index (χ0n) is 11.3. The number of hydrogen-bond acceptors (Lipinski definition) is 2. The van der Waals surface area contributed by atoms with Crippen LogP contribution in [-0.4, -0.2) is 18.6 Å². The van der Waals surface area contributed by atoms with E-state index in [1.807, 2.05) is 12.1 Å². The van der Waals surface area contributed by atoms with Gasteiger partial charge in [0.2, 0.25) is 0 Å². The fourth-order valence-electron chi connectivity index (χ4n) is 2.37. The Morgan fingerprint density at radius 3 is 2.61 bits per heavy atom. The molecule has 1 atom stereocenters. The molecular formula is C15H23FN2. The van der Waals surface area contributed by atoms with E-state index in [4.69, 9.17) is 5.73 Å². The average Bonchev–Trinajstić information content (AvgIpc) is 3.17. The van der Waals surface area contributed by atoms with Gasteiger partial charge in [0, 0.05) is 18.6 Å². The summed E-state index contributed by atoms with van der Waals surface area (Å²) in [6.45, 7) is 5.01. The second-order valence-corrected chi connectivity index (χ2v) is 5.18.